The van der Waals surface area contributed by atoms with Gasteiger partial charge in [0.1, 0.15) is 0 Å². The molecule has 1 nitrogen and oxygen atoms in total. The molecule has 0 saturated heterocycles. The highest BCUT2D eigenvalue weighted by molar-refractivity contribution is 4.69. The molecular formula is C13H27N. The molecule has 0 aliphatic heterocycles. The molecule has 1 saturated carbocycles. The first-order chi connectivity index (χ1) is 6.68. The molecule has 1 heteroatoms. The van der Waals surface area contributed by atoms with E-state index < -0.39 is 0 Å². The molecule has 0 aromatic carbocycles. The number of hydrogen-bond acceptors (Lipinski definition) is 1. The largest absolute Gasteiger partial charge is 0.314 e. The normalized spacial score (nSPS) is 20.6. The lowest BCUT2D eigenvalue weighted by molar-refractivity contribution is 0.390. The van der Waals surface area contributed by atoms with Crippen molar-refractivity contribution in [1.29, 1.82) is 0 Å². The summed E-state index contributed by atoms with van der Waals surface area (Å²) in [6.07, 6.45) is 8.88. The van der Waals surface area contributed by atoms with Crippen LogP contribution in [-0.2, 0) is 0 Å². The average Bonchev–Trinajstić information content (AvgIpc) is 2.63. The molecule has 1 unspecified atom stereocenters. The number of rotatable bonds is 6. The van der Waals surface area contributed by atoms with Crippen molar-refractivity contribution in [2.45, 2.75) is 65.3 Å². The van der Waals surface area contributed by atoms with Crippen molar-refractivity contribution in [3.8, 4) is 0 Å². The van der Waals surface area contributed by atoms with Crippen molar-refractivity contribution in [2.75, 3.05) is 6.54 Å². The van der Waals surface area contributed by atoms with Gasteiger partial charge in [0.05, 0.1) is 0 Å². The Hall–Kier alpha value is -0.0400. The average molecular weight is 197 g/mol. The summed E-state index contributed by atoms with van der Waals surface area (Å²) in [5, 5.41) is 3.52. The van der Waals surface area contributed by atoms with Crippen LogP contribution in [0.2, 0.25) is 0 Å². The van der Waals surface area contributed by atoms with Crippen molar-refractivity contribution in [1.82, 2.24) is 5.32 Å². The van der Waals surface area contributed by atoms with Crippen molar-refractivity contribution in [3.05, 3.63) is 0 Å². The van der Waals surface area contributed by atoms with Crippen molar-refractivity contribution < 1.29 is 0 Å². The molecule has 0 aromatic heterocycles. The fourth-order valence-corrected chi connectivity index (χ4v) is 2.36. The van der Waals surface area contributed by atoms with E-state index in [-0.39, 0.29) is 0 Å². The first-order valence-corrected chi connectivity index (χ1v) is 6.42. The topological polar surface area (TPSA) is 12.0 Å². The van der Waals surface area contributed by atoms with Crippen LogP contribution in [0.1, 0.15) is 59.3 Å². The monoisotopic (exact) mass is 197 g/mol. The Morgan fingerprint density at radius 1 is 1.14 bits per heavy atom. The van der Waals surface area contributed by atoms with Crippen LogP contribution in [0.15, 0.2) is 0 Å². The summed E-state index contributed by atoms with van der Waals surface area (Å²) in [6, 6.07) is 0.643. The Bertz CT molecular complexity index is 136. The molecule has 1 aliphatic rings. The van der Waals surface area contributed by atoms with Gasteiger partial charge in [-0.05, 0) is 24.8 Å². The second-order valence-electron chi connectivity index (χ2n) is 5.40. The fourth-order valence-electron chi connectivity index (χ4n) is 2.36. The van der Waals surface area contributed by atoms with Gasteiger partial charge in [-0.25, -0.2) is 0 Å². The summed E-state index contributed by atoms with van der Waals surface area (Å²) in [6.45, 7) is 8.03. The molecule has 0 aromatic rings. The molecule has 0 heterocycles. The highest BCUT2D eigenvalue weighted by atomic mass is 14.9. The minimum absolute atomic E-state index is 0.643. The molecule has 1 N–H and O–H groups in total. The Labute approximate surface area is 89.7 Å². The highest BCUT2D eigenvalue weighted by Gasteiger charge is 2.15. The standard InChI is InChI=1S/C13H27N/c1-11(2)14-10-12(3)8-9-13-6-4-5-7-13/h11-14H,4-10H2,1-3H3. The van der Waals surface area contributed by atoms with Gasteiger partial charge in [0.15, 0.2) is 0 Å². The van der Waals surface area contributed by atoms with Gasteiger partial charge in [-0.15, -0.1) is 0 Å². The summed E-state index contributed by atoms with van der Waals surface area (Å²) < 4.78 is 0. The molecule has 0 radical (unpaired) electrons. The van der Waals surface area contributed by atoms with Gasteiger partial charge in [0.2, 0.25) is 0 Å². The third kappa shape index (κ3) is 4.99. The van der Waals surface area contributed by atoms with Crippen LogP contribution in [0.5, 0.6) is 0 Å². The maximum absolute atomic E-state index is 3.52. The third-order valence-electron chi connectivity index (χ3n) is 3.42. The summed E-state index contributed by atoms with van der Waals surface area (Å²) >= 11 is 0. The minimum atomic E-state index is 0.643. The van der Waals surface area contributed by atoms with Gasteiger partial charge >= 0.3 is 0 Å². The first-order valence-electron chi connectivity index (χ1n) is 6.42. The van der Waals surface area contributed by atoms with Crippen molar-refractivity contribution >= 4 is 0 Å². The second-order valence-corrected chi connectivity index (χ2v) is 5.40. The first kappa shape index (κ1) is 12.0. The molecule has 0 spiro atoms. The van der Waals surface area contributed by atoms with Crippen molar-refractivity contribution in [3.63, 3.8) is 0 Å². The fraction of sp³-hybridized carbons (Fsp3) is 1.00. The Balaban J connectivity index is 1.99. The van der Waals surface area contributed by atoms with Crippen LogP contribution < -0.4 is 5.32 Å². The molecule has 1 fully saturated rings. The maximum atomic E-state index is 3.52. The van der Waals surface area contributed by atoms with Crippen LogP contribution in [0.4, 0.5) is 0 Å². The minimum Gasteiger partial charge on any atom is -0.314 e. The van der Waals surface area contributed by atoms with E-state index in [9.17, 15) is 0 Å². The van der Waals surface area contributed by atoms with Gasteiger partial charge in [-0.2, -0.15) is 0 Å². The smallest absolute Gasteiger partial charge is 0.00104 e. The molecule has 14 heavy (non-hydrogen) atoms. The predicted octanol–water partition coefficient (Wildman–Crippen LogP) is 3.59. The van der Waals surface area contributed by atoms with E-state index in [1.807, 2.05) is 0 Å². The van der Waals surface area contributed by atoms with Gasteiger partial charge in [-0.1, -0.05) is 52.9 Å². The second kappa shape index (κ2) is 6.44. The van der Waals surface area contributed by atoms with Crippen LogP contribution >= 0.6 is 0 Å². The Kier molecular flexibility index (Phi) is 5.54. The zero-order valence-electron chi connectivity index (χ0n) is 10.2. The van der Waals surface area contributed by atoms with Crippen molar-refractivity contribution in [2.24, 2.45) is 11.8 Å². The van der Waals surface area contributed by atoms with Crippen LogP contribution in [0, 0.1) is 11.8 Å². The molecule has 84 valence electrons. The summed E-state index contributed by atoms with van der Waals surface area (Å²) in [5.74, 6) is 1.93. The summed E-state index contributed by atoms with van der Waals surface area (Å²) in [4.78, 5) is 0. The van der Waals surface area contributed by atoms with E-state index in [1.54, 1.807) is 0 Å². The van der Waals surface area contributed by atoms with Gasteiger partial charge in [-0.3, -0.25) is 0 Å². The van der Waals surface area contributed by atoms with Crippen LogP contribution in [-0.4, -0.2) is 12.6 Å². The molecule has 1 aliphatic carbocycles. The Morgan fingerprint density at radius 2 is 1.79 bits per heavy atom. The van der Waals surface area contributed by atoms with E-state index in [0.29, 0.717) is 6.04 Å². The zero-order chi connectivity index (χ0) is 10.4. The number of nitrogens with one attached hydrogen (secondary N) is 1. The molecular weight excluding hydrogens is 170 g/mol. The maximum Gasteiger partial charge on any atom is 0.00104 e. The summed E-state index contributed by atoms with van der Waals surface area (Å²) in [5.41, 5.74) is 0. The van der Waals surface area contributed by atoms with Gasteiger partial charge in [0, 0.05) is 6.04 Å². The van der Waals surface area contributed by atoms with Crippen LogP contribution in [0.25, 0.3) is 0 Å². The quantitative estimate of drug-likeness (QED) is 0.686. The van der Waals surface area contributed by atoms with Crippen LogP contribution in [0.3, 0.4) is 0 Å². The Morgan fingerprint density at radius 3 is 2.36 bits per heavy atom. The lowest BCUT2D eigenvalue weighted by Gasteiger charge is -2.16. The third-order valence-corrected chi connectivity index (χ3v) is 3.42. The van der Waals surface area contributed by atoms with E-state index in [2.05, 4.69) is 26.1 Å². The van der Waals surface area contributed by atoms with Gasteiger partial charge in [0.25, 0.3) is 0 Å². The van der Waals surface area contributed by atoms with E-state index >= 15 is 0 Å². The number of hydrogen-bond donors (Lipinski definition) is 1. The molecule has 1 atom stereocenters. The molecule has 1 rings (SSSR count). The lowest BCUT2D eigenvalue weighted by Crippen LogP contribution is -2.27. The molecule has 0 bridgehead atoms. The SMILES string of the molecule is CC(CCC1CCCC1)CNC(C)C. The highest BCUT2D eigenvalue weighted by Crippen LogP contribution is 2.29. The van der Waals surface area contributed by atoms with E-state index in [1.165, 1.54) is 45.1 Å². The van der Waals surface area contributed by atoms with E-state index in [4.69, 9.17) is 0 Å². The molecule has 0 amide bonds. The zero-order valence-corrected chi connectivity index (χ0v) is 10.2. The van der Waals surface area contributed by atoms with Gasteiger partial charge < -0.3 is 5.32 Å². The van der Waals surface area contributed by atoms with E-state index in [0.717, 1.165) is 11.8 Å². The predicted molar refractivity (Wildman–Crippen MR) is 63.5 cm³/mol. The summed E-state index contributed by atoms with van der Waals surface area (Å²) in [7, 11) is 0. The lowest BCUT2D eigenvalue weighted by atomic mass is 9.95.